The van der Waals surface area contributed by atoms with Gasteiger partial charge in [-0.3, -0.25) is 0 Å². The molecule has 0 spiro atoms. The predicted octanol–water partition coefficient (Wildman–Crippen LogP) is 3.78. The second-order valence-corrected chi connectivity index (χ2v) is 5.49. The summed E-state index contributed by atoms with van der Waals surface area (Å²) in [6.45, 7) is 0. The van der Waals surface area contributed by atoms with Gasteiger partial charge in [-0.25, -0.2) is 9.97 Å². The van der Waals surface area contributed by atoms with Crippen molar-refractivity contribution >= 4 is 11.6 Å². The van der Waals surface area contributed by atoms with Crippen molar-refractivity contribution < 1.29 is 14.2 Å². The number of aromatic nitrogens is 2. The molecule has 1 heterocycles. The second kappa shape index (κ2) is 8.06. The van der Waals surface area contributed by atoms with Gasteiger partial charge in [0.15, 0.2) is 11.5 Å². The van der Waals surface area contributed by atoms with E-state index in [1.165, 1.54) is 0 Å². The molecule has 3 rings (SSSR count). The third-order valence-corrected chi connectivity index (χ3v) is 3.90. The highest BCUT2D eigenvalue weighted by atomic mass is 16.5. The Balaban J connectivity index is 1.94. The lowest BCUT2D eigenvalue weighted by Crippen LogP contribution is -2.00. The molecular formula is C20H18N4O3. The Morgan fingerprint density at radius 2 is 1.63 bits per heavy atom. The predicted molar refractivity (Wildman–Crippen MR) is 102 cm³/mol. The van der Waals surface area contributed by atoms with Crippen LogP contribution in [0, 0.1) is 11.3 Å². The van der Waals surface area contributed by atoms with Gasteiger partial charge in [-0.2, -0.15) is 5.26 Å². The van der Waals surface area contributed by atoms with E-state index in [1.807, 2.05) is 6.07 Å². The van der Waals surface area contributed by atoms with E-state index < -0.39 is 0 Å². The van der Waals surface area contributed by atoms with E-state index in [-0.39, 0.29) is 0 Å². The Morgan fingerprint density at radius 3 is 2.33 bits per heavy atom. The normalized spacial score (nSPS) is 10.0. The summed E-state index contributed by atoms with van der Waals surface area (Å²) >= 11 is 0. The lowest BCUT2D eigenvalue weighted by Gasteiger charge is -2.12. The monoisotopic (exact) mass is 362 g/mol. The van der Waals surface area contributed by atoms with Gasteiger partial charge in [0.25, 0.3) is 0 Å². The average Bonchev–Trinajstić information content (AvgIpc) is 2.73. The summed E-state index contributed by atoms with van der Waals surface area (Å²) in [6.07, 6.45) is 1.64. The summed E-state index contributed by atoms with van der Waals surface area (Å²) in [6, 6.07) is 14.5. The van der Waals surface area contributed by atoms with Gasteiger partial charge >= 0.3 is 0 Å². The first-order chi connectivity index (χ1) is 13.2. The van der Waals surface area contributed by atoms with E-state index in [4.69, 9.17) is 19.5 Å². The number of rotatable bonds is 6. The molecule has 0 aliphatic carbocycles. The van der Waals surface area contributed by atoms with Crippen molar-refractivity contribution in [3.8, 4) is 34.6 Å². The van der Waals surface area contributed by atoms with Gasteiger partial charge in [-0.15, -0.1) is 0 Å². The summed E-state index contributed by atoms with van der Waals surface area (Å²) in [5.41, 5.74) is 2.64. The number of methoxy groups -OCH3 is 3. The highest BCUT2D eigenvalue weighted by Gasteiger charge is 2.11. The molecule has 0 amide bonds. The molecule has 0 bridgehead atoms. The van der Waals surface area contributed by atoms with E-state index in [1.54, 1.807) is 63.9 Å². The molecular weight excluding hydrogens is 344 g/mol. The molecule has 0 saturated heterocycles. The highest BCUT2D eigenvalue weighted by Crippen LogP contribution is 2.32. The molecule has 27 heavy (non-hydrogen) atoms. The lowest BCUT2D eigenvalue weighted by atomic mass is 10.1. The van der Waals surface area contributed by atoms with Gasteiger partial charge in [-0.1, -0.05) is 0 Å². The maximum absolute atomic E-state index is 9.16. The fourth-order valence-corrected chi connectivity index (χ4v) is 2.59. The van der Waals surface area contributed by atoms with Crippen LogP contribution in [0.3, 0.4) is 0 Å². The van der Waals surface area contributed by atoms with Gasteiger partial charge in [0.2, 0.25) is 5.95 Å². The second-order valence-electron chi connectivity index (χ2n) is 5.49. The molecule has 136 valence electrons. The fraction of sp³-hybridized carbons (Fsp3) is 0.150. The van der Waals surface area contributed by atoms with Crippen LogP contribution in [0.25, 0.3) is 11.3 Å². The van der Waals surface area contributed by atoms with E-state index in [9.17, 15) is 0 Å². The molecule has 0 atom stereocenters. The zero-order valence-electron chi connectivity index (χ0n) is 15.2. The van der Waals surface area contributed by atoms with Crippen molar-refractivity contribution in [3.05, 3.63) is 54.2 Å². The van der Waals surface area contributed by atoms with E-state index in [0.717, 1.165) is 5.69 Å². The first kappa shape index (κ1) is 18.0. The number of ether oxygens (including phenoxy) is 3. The van der Waals surface area contributed by atoms with Gasteiger partial charge < -0.3 is 19.5 Å². The molecule has 1 aromatic heterocycles. The minimum Gasteiger partial charge on any atom is -0.496 e. The van der Waals surface area contributed by atoms with Crippen molar-refractivity contribution in [1.29, 1.82) is 5.26 Å². The average molecular weight is 362 g/mol. The maximum atomic E-state index is 9.16. The number of hydrogen-bond donors (Lipinski definition) is 1. The third kappa shape index (κ3) is 3.90. The molecule has 0 fully saturated rings. The van der Waals surface area contributed by atoms with E-state index in [0.29, 0.717) is 40.0 Å². The largest absolute Gasteiger partial charge is 0.496 e. The minimum absolute atomic E-state index is 0.407. The summed E-state index contributed by atoms with van der Waals surface area (Å²) in [4.78, 5) is 8.79. The maximum Gasteiger partial charge on any atom is 0.227 e. The van der Waals surface area contributed by atoms with E-state index >= 15 is 0 Å². The summed E-state index contributed by atoms with van der Waals surface area (Å²) in [7, 11) is 4.74. The molecule has 0 saturated carbocycles. The Kier molecular flexibility index (Phi) is 5.38. The van der Waals surface area contributed by atoms with Crippen LogP contribution in [0.4, 0.5) is 11.6 Å². The summed E-state index contributed by atoms with van der Waals surface area (Å²) in [5.74, 6) is 2.27. The summed E-state index contributed by atoms with van der Waals surface area (Å²) < 4.78 is 15.9. The fourth-order valence-electron chi connectivity index (χ4n) is 2.59. The Morgan fingerprint density at radius 1 is 0.889 bits per heavy atom. The Bertz CT molecular complexity index is 999. The molecule has 0 aliphatic heterocycles. The number of hydrogen-bond acceptors (Lipinski definition) is 7. The SMILES string of the molecule is COc1ccc(Nc2nccc(-c3cc(C#N)ccc3OC)n2)cc1OC. The van der Waals surface area contributed by atoms with Crippen LogP contribution in [0.5, 0.6) is 17.2 Å². The van der Waals surface area contributed by atoms with Gasteiger partial charge in [0, 0.05) is 23.5 Å². The van der Waals surface area contributed by atoms with Crippen molar-refractivity contribution in [2.24, 2.45) is 0 Å². The molecule has 1 N–H and O–H groups in total. The summed E-state index contributed by atoms with van der Waals surface area (Å²) in [5, 5.41) is 12.3. The highest BCUT2D eigenvalue weighted by molar-refractivity contribution is 5.70. The molecule has 0 unspecified atom stereocenters. The first-order valence-corrected chi connectivity index (χ1v) is 8.09. The third-order valence-electron chi connectivity index (χ3n) is 3.90. The zero-order chi connectivity index (χ0) is 19.2. The van der Waals surface area contributed by atoms with Crippen LogP contribution in [0.2, 0.25) is 0 Å². The van der Waals surface area contributed by atoms with Crippen LogP contribution in [-0.2, 0) is 0 Å². The van der Waals surface area contributed by atoms with Crippen molar-refractivity contribution in [2.75, 3.05) is 26.6 Å². The molecule has 3 aromatic rings. The van der Waals surface area contributed by atoms with Crippen molar-refractivity contribution in [2.45, 2.75) is 0 Å². The zero-order valence-corrected chi connectivity index (χ0v) is 15.2. The van der Waals surface area contributed by atoms with Gasteiger partial charge in [-0.05, 0) is 36.4 Å². The Hall–Kier alpha value is -3.79. The molecule has 0 aliphatic rings. The minimum atomic E-state index is 0.407. The molecule has 2 aromatic carbocycles. The van der Waals surface area contributed by atoms with Gasteiger partial charge in [0.05, 0.1) is 38.7 Å². The number of anilines is 2. The number of nitrogens with one attached hydrogen (secondary N) is 1. The topological polar surface area (TPSA) is 89.3 Å². The van der Waals surface area contributed by atoms with Crippen molar-refractivity contribution in [3.63, 3.8) is 0 Å². The lowest BCUT2D eigenvalue weighted by molar-refractivity contribution is 0.355. The van der Waals surface area contributed by atoms with Crippen LogP contribution in [-0.4, -0.2) is 31.3 Å². The smallest absolute Gasteiger partial charge is 0.227 e. The van der Waals surface area contributed by atoms with Crippen molar-refractivity contribution in [1.82, 2.24) is 9.97 Å². The number of nitrogens with zero attached hydrogens (tertiary/aromatic N) is 3. The van der Waals surface area contributed by atoms with Gasteiger partial charge in [0.1, 0.15) is 5.75 Å². The Labute approximate surface area is 157 Å². The number of benzene rings is 2. The standard InChI is InChI=1S/C20H18N4O3/c1-25-17-6-4-13(12-21)10-15(17)16-8-9-22-20(24-16)23-14-5-7-18(26-2)19(11-14)27-3/h4-11H,1-3H3,(H,22,23,24). The number of nitriles is 1. The van der Waals surface area contributed by atoms with Crippen LogP contribution >= 0.6 is 0 Å². The first-order valence-electron chi connectivity index (χ1n) is 8.09. The van der Waals surface area contributed by atoms with Crippen LogP contribution in [0.1, 0.15) is 5.56 Å². The van der Waals surface area contributed by atoms with Crippen LogP contribution < -0.4 is 19.5 Å². The molecule has 7 heteroatoms. The van der Waals surface area contributed by atoms with Crippen LogP contribution in [0.15, 0.2) is 48.7 Å². The quantitative estimate of drug-likeness (QED) is 0.713. The van der Waals surface area contributed by atoms with E-state index in [2.05, 4.69) is 21.4 Å². The molecule has 7 nitrogen and oxygen atoms in total. The molecule has 0 radical (unpaired) electrons.